The number of nitrogens with one attached hydrogen (secondary N) is 1. The molecule has 69 heavy (non-hydrogen) atoms. The summed E-state index contributed by atoms with van der Waals surface area (Å²) in [4.78, 5) is 39.4. The highest BCUT2D eigenvalue weighted by molar-refractivity contribution is 6.14. The van der Waals surface area contributed by atoms with Crippen molar-refractivity contribution in [2.75, 3.05) is 19.8 Å². The number of ether oxygens (including phenoxy) is 4. The van der Waals surface area contributed by atoms with E-state index in [9.17, 15) is 35.4 Å². The number of carbonyl (C=O) groups is 2. The van der Waals surface area contributed by atoms with Crippen molar-refractivity contribution in [2.45, 2.75) is 141 Å². The van der Waals surface area contributed by atoms with Gasteiger partial charge in [0.05, 0.1) is 53.0 Å². The van der Waals surface area contributed by atoms with Gasteiger partial charge in [0, 0.05) is 35.9 Å². The lowest BCUT2D eigenvalue weighted by Crippen LogP contribution is -2.82. The summed E-state index contributed by atoms with van der Waals surface area (Å²) in [5.41, 5.74) is 0.796. The van der Waals surface area contributed by atoms with Crippen molar-refractivity contribution in [1.82, 2.24) is 14.9 Å². The number of hydrogen-bond acceptors (Lipinski definition) is 14. The van der Waals surface area contributed by atoms with E-state index in [-0.39, 0.29) is 49.0 Å². The molecule has 16 heteroatoms. The van der Waals surface area contributed by atoms with Crippen LogP contribution in [0.5, 0.6) is 17.2 Å². The van der Waals surface area contributed by atoms with Crippen LogP contribution in [-0.4, -0.2) is 125 Å². The lowest BCUT2D eigenvalue weighted by atomic mass is 9.43. The number of aliphatic hydroxyl groups is 6. The minimum absolute atomic E-state index is 0.0247. The fourth-order valence-electron chi connectivity index (χ4n) is 11.8. The molecule has 1 aromatic heterocycles. The summed E-state index contributed by atoms with van der Waals surface area (Å²) < 4.78 is 29.9. The molecule has 1 saturated heterocycles. The fraction of sp³-hybridized carbons (Fsp3) is 0.547. The second-order valence-electron chi connectivity index (χ2n) is 20.7. The van der Waals surface area contributed by atoms with Gasteiger partial charge in [-0.1, -0.05) is 55.4 Å². The van der Waals surface area contributed by atoms with Gasteiger partial charge in [0.15, 0.2) is 17.0 Å². The van der Waals surface area contributed by atoms with Crippen LogP contribution in [0.2, 0.25) is 0 Å². The summed E-state index contributed by atoms with van der Waals surface area (Å²) in [5, 5.41) is 69.7. The summed E-state index contributed by atoms with van der Waals surface area (Å²) in [6, 6.07) is 6.93. The molecule has 0 radical (unpaired) electrons. The summed E-state index contributed by atoms with van der Waals surface area (Å²) in [6.07, 6.45) is 3.16. The molecule has 12 atom stereocenters. The Kier molecular flexibility index (Phi) is 12.9. The van der Waals surface area contributed by atoms with Crippen LogP contribution in [0.1, 0.15) is 104 Å². The molecule has 1 amide bonds. The minimum atomic E-state index is -2.24. The van der Waals surface area contributed by atoms with Gasteiger partial charge in [0.1, 0.15) is 47.3 Å². The Hall–Kier alpha value is -5.20. The second kappa shape index (κ2) is 18.2. The van der Waals surface area contributed by atoms with Crippen LogP contribution in [0, 0.1) is 23.7 Å². The molecule has 2 bridgehead atoms. The van der Waals surface area contributed by atoms with Crippen LogP contribution >= 0.6 is 0 Å². The summed E-state index contributed by atoms with van der Waals surface area (Å²) in [7, 11) is 0. The van der Waals surface area contributed by atoms with Gasteiger partial charge in [-0.2, -0.15) is 0 Å². The third-order valence-electron chi connectivity index (χ3n) is 15.3. The molecule has 7 aliphatic rings. The molecule has 3 aromatic rings. The molecule has 4 aliphatic heterocycles. The van der Waals surface area contributed by atoms with Crippen molar-refractivity contribution in [1.29, 1.82) is 0 Å². The Morgan fingerprint density at radius 2 is 1.74 bits per heavy atom. The van der Waals surface area contributed by atoms with E-state index in [0.29, 0.717) is 58.9 Å². The number of aliphatic hydroxyl groups excluding tert-OH is 5. The monoisotopic (exact) mass is 950 g/mol. The van der Waals surface area contributed by atoms with E-state index in [1.54, 1.807) is 13.0 Å². The Bertz CT molecular complexity index is 2710. The number of benzene rings is 2. The van der Waals surface area contributed by atoms with Crippen molar-refractivity contribution in [3.8, 4) is 17.2 Å². The molecule has 16 nitrogen and oxygen atoms in total. The van der Waals surface area contributed by atoms with Gasteiger partial charge in [-0.3, -0.25) is 9.59 Å². The Morgan fingerprint density at radius 1 is 1.00 bits per heavy atom. The number of hydrogen-bond donors (Lipinski definition) is 7. The lowest BCUT2D eigenvalue weighted by Gasteiger charge is -2.68. The van der Waals surface area contributed by atoms with E-state index in [1.807, 2.05) is 81.7 Å². The largest absolute Gasteiger partial charge is 0.482 e. The average Bonchev–Trinajstić information content (AvgIpc) is 3.69. The number of rotatable bonds is 14. The summed E-state index contributed by atoms with van der Waals surface area (Å²) >= 11 is 0. The molecule has 7 N–H and O–H groups in total. The number of aromatic nitrogens is 2. The van der Waals surface area contributed by atoms with Gasteiger partial charge in [-0.05, 0) is 97.4 Å². The predicted molar refractivity (Wildman–Crippen MR) is 257 cm³/mol. The zero-order valence-electron chi connectivity index (χ0n) is 40.6. The number of fused-ring (bicyclic) bond motifs is 8. The fourth-order valence-corrected chi connectivity index (χ4v) is 11.8. The number of imidazole rings is 1. The van der Waals surface area contributed by atoms with Crippen molar-refractivity contribution >= 4 is 40.5 Å². The normalized spacial score (nSPS) is 32.8. The standard InChI is InChI=1S/C53H66N4O12/c1-26(2)12-11-19-51(8)20-18-31-44(68-51)30(16-15-27(3)4)46-37(45(31)67-49-43(62)42(61)41(60)36(25-59)66-49)39-38-40(57-35-14-10-9-13-34(35)55-50(57)56-39)32-24-33(28(5)6)53(38,69-46)52(65,47(32)63)21-17-29(7)48(64)54-22-23-58/h9-10,12-15,17-18,20,28,32-33,36,38,40-43,49,58-62,65H,11,16,19,21-25H2,1-8H3,(H,54,64)/t32?,33?,36-,38?,40?,41-,42+,43-,49+,51?,52?,53?/m0/s1. The molecule has 370 valence electrons. The number of para-hydroxylation sites is 2. The summed E-state index contributed by atoms with van der Waals surface area (Å²) in [6.45, 7) is 14.8. The number of nitrogens with zero attached hydrogens (tertiary/aromatic N) is 3. The van der Waals surface area contributed by atoms with E-state index in [4.69, 9.17) is 28.9 Å². The highest BCUT2D eigenvalue weighted by Gasteiger charge is 2.79. The third-order valence-corrected chi connectivity index (χ3v) is 15.3. The van der Waals surface area contributed by atoms with E-state index in [1.165, 1.54) is 0 Å². The molecule has 10 rings (SSSR count). The minimum Gasteiger partial charge on any atom is -0.482 e. The Labute approximate surface area is 402 Å². The zero-order valence-corrected chi connectivity index (χ0v) is 40.6. The third kappa shape index (κ3) is 7.77. The first-order valence-corrected chi connectivity index (χ1v) is 24.2. The van der Waals surface area contributed by atoms with Crippen LogP contribution in [0.25, 0.3) is 17.1 Å². The first-order chi connectivity index (χ1) is 32.8. The quantitative estimate of drug-likeness (QED) is 0.0824. The SMILES string of the molecule is CC(C)=CCCC1(C)C=Cc2c(c(CC=C(C)C)c3c(c2O[C@H]2O[C@@H](CO)[C@H](O)[C@@H](O)[C@@H]2O)C2=Nc4nc5ccccc5n4C4C5CC(C(C)C)C(O3)(C24)C(O)(CC=C(C)C(=O)NCCO)C5=O)O1. The van der Waals surface area contributed by atoms with Gasteiger partial charge >= 0.3 is 0 Å². The number of Topliss-reactive ketones (excluding diaryl/α,β-unsaturated/α-hetero) is 1. The van der Waals surface area contributed by atoms with Crippen LogP contribution in [-0.2, 0) is 20.7 Å². The van der Waals surface area contributed by atoms with Gasteiger partial charge in [-0.15, -0.1) is 0 Å². The molecular weight excluding hydrogens is 885 g/mol. The number of amides is 1. The van der Waals surface area contributed by atoms with Crippen molar-refractivity contribution in [3.05, 3.63) is 82.0 Å². The Morgan fingerprint density at radius 3 is 2.43 bits per heavy atom. The van der Waals surface area contributed by atoms with E-state index >= 15 is 4.79 Å². The Balaban J connectivity index is 1.37. The molecule has 7 unspecified atom stereocenters. The maximum atomic E-state index is 15.7. The van der Waals surface area contributed by atoms with Crippen LogP contribution < -0.4 is 19.5 Å². The first-order valence-electron chi connectivity index (χ1n) is 24.2. The van der Waals surface area contributed by atoms with Crippen molar-refractivity contribution in [3.63, 3.8) is 0 Å². The number of aliphatic imine (C=N–C) groups is 1. The lowest BCUT2D eigenvalue weighted by molar-refractivity contribution is -0.277. The first kappa shape index (κ1) is 48.8. The molecule has 5 heterocycles. The number of ketones is 1. The van der Waals surface area contributed by atoms with Crippen molar-refractivity contribution in [2.24, 2.45) is 28.7 Å². The van der Waals surface area contributed by atoms with E-state index in [2.05, 4.69) is 25.2 Å². The van der Waals surface area contributed by atoms with Crippen LogP contribution in [0.4, 0.5) is 5.95 Å². The molecule has 1 spiro atoms. The maximum absolute atomic E-state index is 15.7. The van der Waals surface area contributed by atoms with Gasteiger partial charge in [0.25, 0.3) is 0 Å². The molecular formula is C53H66N4O12. The van der Waals surface area contributed by atoms with Gasteiger partial charge < -0.3 is 59.5 Å². The average molecular weight is 951 g/mol. The zero-order chi connectivity index (χ0) is 49.5. The van der Waals surface area contributed by atoms with Gasteiger partial charge in [-0.25, -0.2) is 9.98 Å². The maximum Gasteiger partial charge on any atom is 0.246 e. The van der Waals surface area contributed by atoms with E-state index < -0.39 is 89.6 Å². The van der Waals surface area contributed by atoms with E-state index in [0.717, 1.165) is 16.7 Å². The highest BCUT2D eigenvalue weighted by atomic mass is 16.7. The second-order valence-corrected chi connectivity index (χ2v) is 20.7. The van der Waals surface area contributed by atoms with Crippen LogP contribution in [0.15, 0.2) is 70.3 Å². The molecule has 2 aromatic carbocycles. The molecule has 3 saturated carbocycles. The topological polar surface area (TPSA) is 235 Å². The molecule has 4 fully saturated rings. The molecule has 3 aliphatic carbocycles. The van der Waals surface area contributed by atoms with Crippen molar-refractivity contribution < 1.29 is 59.2 Å². The predicted octanol–water partition coefficient (Wildman–Crippen LogP) is 5.11. The highest BCUT2D eigenvalue weighted by Crippen LogP contribution is 2.69. The number of carbonyl (C=O) groups excluding carboxylic acids is 2. The summed E-state index contributed by atoms with van der Waals surface area (Å²) in [5.74, 6) is -2.07. The van der Waals surface area contributed by atoms with Crippen LogP contribution in [0.3, 0.4) is 0 Å². The van der Waals surface area contributed by atoms with Gasteiger partial charge in [0.2, 0.25) is 18.1 Å². The smallest absolute Gasteiger partial charge is 0.246 e. The number of allylic oxidation sites excluding steroid dienone is 4.